The number of hydrogen-bond acceptors (Lipinski definition) is 4. The van der Waals surface area contributed by atoms with Gasteiger partial charge >= 0.3 is 6.09 Å². The Bertz CT molecular complexity index is 854. The number of pyridine rings is 1. The maximum absolute atomic E-state index is 12.8. The molecule has 1 aliphatic rings. The third-order valence-electron chi connectivity index (χ3n) is 4.28. The van der Waals surface area contributed by atoms with Crippen molar-refractivity contribution in [3.8, 4) is 11.3 Å². The molecular formula is C19H21N3O4. The fraction of sp³-hybridized carbons (Fsp3) is 0.316. The molecule has 0 saturated carbocycles. The second kappa shape index (κ2) is 7.86. The molecule has 136 valence electrons. The Labute approximate surface area is 151 Å². The molecule has 1 N–H and O–H groups in total. The Morgan fingerprint density at radius 1 is 1.04 bits per heavy atom. The Hall–Kier alpha value is -3.09. The van der Waals surface area contributed by atoms with Crippen molar-refractivity contribution in [2.75, 3.05) is 32.8 Å². The lowest BCUT2D eigenvalue weighted by Gasteiger charge is -2.34. The Morgan fingerprint density at radius 3 is 2.42 bits per heavy atom. The van der Waals surface area contributed by atoms with E-state index in [1.165, 1.54) is 6.07 Å². The highest BCUT2D eigenvalue weighted by Crippen LogP contribution is 2.18. The summed E-state index contributed by atoms with van der Waals surface area (Å²) in [6, 6.07) is 12.1. The molecule has 0 radical (unpaired) electrons. The van der Waals surface area contributed by atoms with Crippen molar-refractivity contribution in [1.82, 2.24) is 14.8 Å². The smallest absolute Gasteiger partial charge is 0.409 e. The molecule has 1 fully saturated rings. The molecular weight excluding hydrogens is 334 g/mol. The molecule has 1 aliphatic heterocycles. The van der Waals surface area contributed by atoms with Gasteiger partial charge in [-0.3, -0.25) is 9.59 Å². The van der Waals surface area contributed by atoms with E-state index < -0.39 is 0 Å². The molecule has 0 atom stereocenters. The number of nitrogens with one attached hydrogen (secondary N) is 1. The topological polar surface area (TPSA) is 82.7 Å². The number of ether oxygens (including phenoxy) is 1. The van der Waals surface area contributed by atoms with Gasteiger partial charge in [0.15, 0.2) is 0 Å². The number of H-pyrrole nitrogens is 1. The van der Waals surface area contributed by atoms with Gasteiger partial charge < -0.3 is 19.5 Å². The number of nitrogens with zero attached hydrogens (tertiary/aromatic N) is 2. The highest BCUT2D eigenvalue weighted by molar-refractivity contribution is 5.95. The summed E-state index contributed by atoms with van der Waals surface area (Å²) < 4.78 is 4.99. The highest BCUT2D eigenvalue weighted by Gasteiger charge is 2.25. The monoisotopic (exact) mass is 355 g/mol. The molecule has 1 aromatic heterocycles. The van der Waals surface area contributed by atoms with Gasteiger partial charge in [0, 0.05) is 43.5 Å². The third-order valence-corrected chi connectivity index (χ3v) is 4.28. The molecule has 7 heteroatoms. The van der Waals surface area contributed by atoms with E-state index in [1.807, 2.05) is 6.07 Å². The summed E-state index contributed by atoms with van der Waals surface area (Å²) in [7, 11) is 0. The van der Waals surface area contributed by atoms with Crippen molar-refractivity contribution in [3.63, 3.8) is 0 Å². The standard InChI is InChI=1S/C19H21N3O4/c1-2-26-19(25)22-11-9-21(10-12-22)18(24)15-6-3-5-14(13-15)16-7-4-8-17(23)20-16/h3-8,13H,2,9-12H2,1H3,(H,20,23). The minimum atomic E-state index is -0.338. The molecule has 2 amide bonds. The van der Waals surface area contributed by atoms with Crippen molar-refractivity contribution in [1.29, 1.82) is 0 Å². The maximum atomic E-state index is 12.8. The van der Waals surface area contributed by atoms with E-state index in [2.05, 4.69) is 4.98 Å². The Kier molecular flexibility index (Phi) is 5.36. The van der Waals surface area contributed by atoms with Gasteiger partial charge in [-0.2, -0.15) is 0 Å². The van der Waals surface area contributed by atoms with Gasteiger partial charge in [0.2, 0.25) is 5.56 Å². The predicted octanol–water partition coefficient (Wildman–Crippen LogP) is 1.96. The van der Waals surface area contributed by atoms with Crippen LogP contribution in [0.4, 0.5) is 4.79 Å². The van der Waals surface area contributed by atoms with Gasteiger partial charge in [-0.15, -0.1) is 0 Å². The SMILES string of the molecule is CCOC(=O)N1CCN(C(=O)c2cccc(-c3cccc(=O)[nH]3)c2)CC1. The lowest BCUT2D eigenvalue weighted by Crippen LogP contribution is -2.50. The molecule has 0 spiro atoms. The van der Waals surface area contributed by atoms with E-state index in [9.17, 15) is 14.4 Å². The van der Waals surface area contributed by atoms with Gasteiger partial charge in [-0.1, -0.05) is 18.2 Å². The average molecular weight is 355 g/mol. The van der Waals surface area contributed by atoms with Crippen LogP contribution in [0.1, 0.15) is 17.3 Å². The minimum Gasteiger partial charge on any atom is -0.450 e. The number of benzene rings is 1. The normalized spacial score (nSPS) is 14.2. The first-order valence-electron chi connectivity index (χ1n) is 8.59. The van der Waals surface area contributed by atoms with E-state index in [-0.39, 0.29) is 17.6 Å². The number of hydrogen-bond donors (Lipinski definition) is 1. The summed E-state index contributed by atoms with van der Waals surface area (Å²) in [5.74, 6) is -0.0892. The first kappa shape index (κ1) is 17.7. The Balaban J connectivity index is 1.70. The van der Waals surface area contributed by atoms with E-state index in [0.717, 1.165) is 5.56 Å². The molecule has 26 heavy (non-hydrogen) atoms. The number of aromatic amines is 1. The molecule has 7 nitrogen and oxygen atoms in total. The lowest BCUT2D eigenvalue weighted by molar-refractivity contribution is 0.0570. The first-order valence-corrected chi connectivity index (χ1v) is 8.59. The zero-order valence-electron chi connectivity index (χ0n) is 14.6. The molecule has 0 unspecified atom stereocenters. The number of amides is 2. The van der Waals surface area contributed by atoms with Gasteiger partial charge in [-0.25, -0.2) is 4.79 Å². The van der Waals surface area contributed by atoms with Crippen molar-refractivity contribution in [3.05, 3.63) is 58.4 Å². The first-order chi connectivity index (χ1) is 12.6. The summed E-state index contributed by atoms with van der Waals surface area (Å²) in [6.07, 6.45) is -0.338. The number of aromatic nitrogens is 1. The molecule has 1 aromatic carbocycles. The van der Waals surface area contributed by atoms with Crippen molar-refractivity contribution in [2.24, 2.45) is 0 Å². The fourth-order valence-electron chi connectivity index (χ4n) is 2.93. The fourth-order valence-corrected chi connectivity index (χ4v) is 2.93. The van der Waals surface area contributed by atoms with Gasteiger partial charge in [-0.05, 0) is 30.7 Å². The molecule has 0 aliphatic carbocycles. The van der Waals surface area contributed by atoms with Crippen LogP contribution in [-0.2, 0) is 4.74 Å². The van der Waals surface area contributed by atoms with Crippen LogP contribution in [0.2, 0.25) is 0 Å². The van der Waals surface area contributed by atoms with Crippen LogP contribution in [0.5, 0.6) is 0 Å². The second-order valence-electron chi connectivity index (χ2n) is 5.99. The van der Waals surface area contributed by atoms with Crippen molar-refractivity contribution in [2.45, 2.75) is 6.92 Å². The van der Waals surface area contributed by atoms with Crippen molar-refractivity contribution < 1.29 is 14.3 Å². The molecule has 3 rings (SSSR count). The lowest BCUT2D eigenvalue weighted by atomic mass is 10.1. The number of rotatable bonds is 3. The van der Waals surface area contributed by atoms with Crippen LogP contribution in [0.25, 0.3) is 11.3 Å². The van der Waals surface area contributed by atoms with Gasteiger partial charge in [0.1, 0.15) is 0 Å². The number of carbonyl (C=O) groups is 2. The third kappa shape index (κ3) is 3.93. The van der Waals surface area contributed by atoms with E-state index in [1.54, 1.807) is 47.1 Å². The predicted molar refractivity (Wildman–Crippen MR) is 97.0 cm³/mol. The summed E-state index contributed by atoms with van der Waals surface area (Å²) in [5, 5.41) is 0. The van der Waals surface area contributed by atoms with E-state index in [4.69, 9.17) is 4.74 Å². The number of carbonyl (C=O) groups excluding carboxylic acids is 2. The largest absolute Gasteiger partial charge is 0.450 e. The second-order valence-corrected chi connectivity index (χ2v) is 5.99. The van der Waals surface area contributed by atoms with Crippen LogP contribution in [-0.4, -0.2) is 59.6 Å². The van der Waals surface area contributed by atoms with Gasteiger partial charge in [0.25, 0.3) is 5.91 Å². The van der Waals surface area contributed by atoms with Crippen molar-refractivity contribution >= 4 is 12.0 Å². The van der Waals surface area contributed by atoms with Crippen LogP contribution in [0.3, 0.4) is 0 Å². The summed E-state index contributed by atoms with van der Waals surface area (Å²) in [5.41, 5.74) is 1.81. The maximum Gasteiger partial charge on any atom is 0.409 e. The summed E-state index contributed by atoms with van der Waals surface area (Å²) in [6.45, 7) is 3.94. The summed E-state index contributed by atoms with van der Waals surface area (Å²) in [4.78, 5) is 42.1. The molecule has 2 aromatic rings. The van der Waals surface area contributed by atoms with Crippen LogP contribution < -0.4 is 5.56 Å². The quantitative estimate of drug-likeness (QED) is 0.912. The van der Waals surface area contributed by atoms with E-state index in [0.29, 0.717) is 44.0 Å². The molecule has 0 bridgehead atoms. The van der Waals surface area contributed by atoms with Crippen LogP contribution in [0.15, 0.2) is 47.3 Å². The zero-order valence-corrected chi connectivity index (χ0v) is 14.6. The van der Waals surface area contributed by atoms with E-state index >= 15 is 0 Å². The summed E-state index contributed by atoms with van der Waals surface area (Å²) >= 11 is 0. The zero-order chi connectivity index (χ0) is 18.5. The van der Waals surface area contributed by atoms with Crippen LogP contribution >= 0.6 is 0 Å². The van der Waals surface area contributed by atoms with Gasteiger partial charge in [0.05, 0.1) is 6.61 Å². The molecule has 1 saturated heterocycles. The minimum absolute atomic E-state index is 0.0892. The number of piperazine rings is 1. The highest BCUT2D eigenvalue weighted by atomic mass is 16.6. The van der Waals surface area contributed by atoms with Crippen LogP contribution in [0, 0.1) is 0 Å². The Morgan fingerprint density at radius 2 is 1.73 bits per heavy atom. The molecule has 2 heterocycles. The average Bonchev–Trinajstić information content (AvgIpc) is 2.68.